The monoisotopic (exact) mass is 372 g/mol. The molecule has 0 radical (unpaired) electrons. The maximum atomic E-state index is 12.5. The Morgan fingerprint density at radius 1 is 0.963 bits per heavy atom. The van der Waals surface area contributed by atoms with E-state index in [4.69, 9.17) is 0 Å². The molecule has 0 spiro atoms. The molecule has 0 aromatic heterocycles. The molecule has 1 aromatic rings. The van der Waals surface area contributed by atoms with Crippen molar-refractivity contribution in [2.75, 3.05) is 37.4 Å². The zero-order chi connectivity index (χ0) is 19.2. The van der Waals surface area contributed by atoms with Gasteiger partial charge in [0.1, 0.15) is 0 Å². The normalized spacial score (nSPS) is 18.8. The van der Waals surface area contributed by atoms with Crippen molar-refractivity contribution in [3.05, 3.63) is 24.3 Å². The molecular formula is C21H32N4O2. The molecule has 2 aliphatic rings. The van der Waals surface area contributed by atoms with Crippen molar-refractivity contribution in [3.8, 4) is 0 Å². The number of amides is 3. The number of likely N-dealkylation sites (tertiary alicyclic amines) is 1. The number of rotatable bonds is 4. The van der Waals surface area contributed by atoms with E-state index in [2.05, 4.69) is 10.6 Å². The minimum absolute atomic E-state index is 0.0303. The molecule has 2 N–H and O–H groups in total. The summed E-state index contributed by atoms with van der Waals surface area (Å²) >= 11 is 0. The van der Waals surface area contributed by atoms with Crippen LogP contribution in [0.15, 0.2) is 24.3 Å². The fraction of sp³-hybridized carbons (Fsp3) is 0.619. The average molecular weight is 373 g/mol. The summed E-state index contributed by atoms with van der Waals surface area (Å²) < 4.78 is 0. The number of benzene rings is 1. The lowest BCUT2D eigenvalue weighted by atomic mass is 9.95. The van der Waals surface area contributed by atoms with Crippen molar-refractivity contribution < 1.29 is 9.59 Å². The van der Waals surface area contributed by atoms with E-state index in [0.717, 1.165) is 37.1 Å². The van der Waals surface area contributed by atoms with E-state index >= 15 is 0 Å². The number of anilines is 2. The van der Waals surface area contributed by atoms with Crippen molar-refractivity contribution in [3.63, 3.8) is 0 Å². The summed E-state index contributed by atoms with van der Waals surface area (Å²) in [7, 11) is 3.98. The molecule has 6 heteroatoms. The third kappa shape index (κ3) is 5.37. The molecule has 1 saturated heterocycles. The first-order valence-corrected chi connectivity index (χ1v) is 10.2. The van der Waals surface area contributed by atoms with Crippen molar-refractivity contribution in [1.29, 1.82) is 0 Å². The van der Waals surface area contributed by atoms with E-state index in [1.807, 2.05) is 48.2 Å². The van der Waals surface area contributed by atoms with Gasteiger partial charge in [0.05, 0.1) is 0 Å². The Kier molecular flexibility index (Phi) is 6.58. The van der Waals surface area contributed by atoms with Crippen molar-refractivity contribution in [2.45, 2.75) is 51.0 Å². The van der Waals surface area contributed by atoms with Gasteiger partial charge in [0, 0.05) is 50.5 Å². The summed E-state index contributed by atoms with van der Waals surface area (Å²) in [4.78, 5) is 28.9. The minimum Gasteiger partial charge on any atom is -0.378 e. The van der Waals surface area contributed by atoms with Gasteiger partial charge in [-0.2, -0.15) is 0 Å². The summed E-state index contributed by atoms with van der Waals surface area (Å²) in [5, 5.41) is 6.18. The molecule has 27 heavy (non-hydrogen) atoms. The third-order valence-corrected chi connectivity index (χ3v) is 5.74. The van der Waals surface area contributed by atoms with Gasteiger partial charge in [-0.05, 0) is 49.9 Å². The second kappa shape index (κ2) is 9.11. The van der Waals surface area contributed by atoms with Crippen molar-refractivity contribution in [1.82, 2.24) is 10.2 Å². The number of hydrogen-bond donors (Lipinski definition) is 2. The third-order valence-electron chi connectivity index (χ3n) is 5.74. The van der Waals surface area contributed by atoms with E-state index in [1.54, 1.807) is 0 Å². The molecule has 1 aromatic carbocycles. The zero-order valence-electron chi connectivity index (χ0n) is 16.5. The first-order chi connectivity index (χ1) is 13.0. The van der Waals surface area contributed by atoms with E-state index in [-0.39, 0.29) is 17.9 Å². The van der Waals surface area contributed by atoms with Crippen LogP contribution in [0, 0.1) is 5.92 Å². The predicted molar refractivity (Wildman–Crippen MR) is 109 cm³/mol. The van der Waals surface area contributed by atoms with Crippen LogP contribution in [0.5, 0.6) is 0 Å². The second-order valence-corrected chi connectivity index (χ2v) is 7.98. The summed E-state index contributed by atoms with van der Waals surface area (Å²) in [5.41, 5.74) is 1.92. The van der Waals surface area contributed by atoms with Crippen LogP contribution in [0.2, 0.25) is 0 Å². The van der Waals surface area contributed by atoms with Gasteiger partial charge in [-0.3, -0.25) is 4.79 Å². The second-order valence-electron chi connectivity index (χ2n) is 7.98. The predicted octanol–water partition coefficient (Wildman–Crippen LogP) is 3.45. The van der Waals surface area contributed by atoms with Crippen LogP contribution in [0.25, 0.3) is 0 Å². The van der Waals surface area contributed by atoms with Crippen LogP contribution in [0.1, 0.15) is 44.9 Å². The van der Waals surface area contributed by atoms with Gasteiger partial charge in [-0.1, -0.05) is 19.3 Å². The molecule has 3 rings (SSSR count). The van der Waals surface area contributed by atoms with Crippen LogP contribution in [0.3, 0.4) is 0 Å². The number of carbonyl (C=O) groups excluding carboxylic acids is 2. The Hall–Kier alpha value is -2.24. The Morgan fingerprint density at radius 2 is 1.59 bits per heavy atom. The number of carbonyl (C=O) groups is 2. The summed E-state index contributed by atoms with van der Waals surface area (Å²) in [6, 6.07) is 8.22. The Morgan fingerprint density at radius 3 is 2.19 bits per heavy atom. The number of hydrogen-bond acceptors (Lipinski definition) is 3. The van der Waals surface area contributed by atoms with Gasteiger partial charge in [0.2, 0.25) is 5.91 Å². The highest BCUT2D eigenvalue weighted by atomic mass is 16.2. The minimum atomic E-state index is -0.0303. The highest BCUT2D eigenvalue weighted by Crippen LogP contribution is 2.22. The van der Waals surface area contributed by atoms with Crippen LogP contribution in [0.4, 0.5) is 16.2 Å². The van der Waals surface area contributed by atoms with Gasteiger partial charge < -0.3 is 20.4 Å². The standard InChI is InChI=1S/C21H32N4O2/c1-24(2)19-10-8-18(9-11-19)22-20(26)16-12-14-25(15-13-16)21(27)23-17-6-4-3-5-7-17/h8-11,16-17H,3-7,12-15H2,1-2H3,(H,22,26)(H,23,27). The first-order valence-electron chi connectivity index (χ1n) is 10.2. The molecule has 0 unspecified atom stereocenters. The van der Waals surface area contributed by atoms with E-state index in [1.165, 1.54) is 19.3 Å². The molecule has 1 heterocycles. The van der Waals surface area contributed by atoms with E-state index < -0.39 is 0 Å². The highest BCUT2D eigenvalue weighted by Gasteiger charge is 2.28. The first kappa shape index (κ1) is 19.5. The average Bonchev–Trinajstić information content (AvgIpc) is 2.69. The largest absolute Gasteiger partial charge is 0.378 e. The summed E-state index contributed by atoms with van der Waals surface area (Å²) in [6.07, 6.45) is 7.34. The Bertz CT molecular complexity index is 630. The lowest BCUT2D eigenvalue weighted by Crippen LogP contribution is -2.49. The maximum absolute atomic E-state index is 12.5. The van der Waals surface area contributed by atoms with Gasteiger partial charge in [-0.25, -0.2) is 4.79 Å². The smallest absolute Gasteiger partial charge is 0.317 e. The Balaban J connectivity index is 1.43. The molecule has 148 valence electrons. The van der Waals surface area contributed by atoms with Crippen molar-refractivity contribution in [2.24, 2.45) is 5.92 Å². The molecule has 1 aliphatic carbocycles. The number of urea groups is 1. The molecule has 1 saturated carbocycles. The molecular weight excluding hydrogens is 340 g/mol. The molecule has 6 nitrogen and oxygen atoms in total. The van der Waals surface area contributed by atoms with Crippen LogP contribution < -0.4 is 15.5 Å². The molecule has 2 fully saturated rings. The zero-order valence-corrected chi connectivity index (χ0v) is 16.5. The van der Waals surface area contributed by atoms with Gasteiger partial charge in [0.25, 0.3) is 0 Å². The Labute approximate surface area is 162 Å². The van der Waals surface area contributed by atoms with Crippen LogP contribution in [-0.2, 0) is 4.79 Å². The molecule has 1 aliphatic heterocycles. The van der Waals surface area contributed by atoms with E-state index in [0.29, 0.717) is 19.1 Å². The van der Waals surface area contributed by atoms with Crippen molar-refractivity contribution >= 4 is 23.3 Å². The quantitative estimate of drug-likeness (QED) is 0.851. The molecule has 0 bridgehead atoms. The summed E-state index contributed by atoms with van der Waals surface area (Å²) in [5.74, 6) is 0.0252. The van der Waals surface area contributed by atoms with E-state index in [9.17, 15) is 9.59 Å². The SMILES string of the molecule is CN(C)c1ccc(NC(=O)C2CCN(C(=O)NC3CCCCC3)CC2)cc1. The molecule has 0 atom stereocenters. The van der Waals surface area contributed by atoms with Gasteiger partial charge >= 0.3 is 6.03 Å². The summed E-state index contributed by atoms with van der Waals surface area (Å²) in [6.45, 7) is 1.30. The topological polar surface area (TPSA) is 64.7 Å². The number of nitrogens with one attached hydrogen (secondary N) is 2. The lowest BCUT2D eigenvalue weighted by Gasteiger charge is -2.33. The fourth-order valence-corrected chi connectivity index (χ4v) is 3.94. The van der Waals surface area contributed by atoms with Crippen LogP contribution in [-0.4, -0.2) is 50.1 Å². The molecule has 3 amide bonds. The lowest BCUT2D eigenvalue weighted by molar-refractivity contribution is -0.121. The fourth-order valence-electron chi connectivity index (χ4n) is 3.94. The van der Waals surface area contributed by atoms with Gasteiger partial charge in [0.15, 0.2) is 0 Å². The number of nitrogens with zero attached hydrogens (tertiary/aromatic N) is 2. The van der Waals surface area contributed by atoms with Crippen LogP contribution >= 0.6 is 0 Å². The van der Waals surface area contributed by atoms with Gasteiger partial charge in [-0.15, -0.1) is 0 Å². The highest BCUT2D eigenvalue weighted by molar-refractivity contribution is 5.93. The maximum Gasteiger partial charge on any atom is 0.317 e. The number of piperidine rings is 1.